The number of carbonyl (C=O) groups is 2. The van der Waals surface area contributed by atoms with E-state index in [-0.39, 0.29) is 24.0 Å². The van der Waals surface area contributed by atoms with E-state index in [4.69, 9.17) is 0 Å². The van der Waals surface area contributed by atoms with Gasteiger partial charge in [0.1, 0.15) is 5.82 Å². The molecular formula is C19H18FN7O2S. The Morgan fingerprint density at radius 1 is 1.37 bits per heavy atom. The lowest BCUT2D eigenvalue weighted by atomic mass is 10.3. The number of aromatic nitrogens is 5. The van der Waals surface area contributed by atoms with Crippen molar-refractivity contribution in [1.29, 1.82) is 0 Å². The van der Waals surface area contributed by atoms with Crippen LogP contribution in [0.15, 0.2) is 35.7 Å². The number of amides is 2. The maximum Gasteiger partial charge on any atom is 0.244 e. The molecule has 30 heavy (non-hydrogen) atoms. The molecule has 0 atom stereocenters. The molecule has 2 aromatic heterocycles. The van der Waals surface area contributed by atoms with Crippen molar-refractivity contribution >= 4 is 40.0 Å². The molecule has 1 N–H and O–H groups in total. The van der Waals surface area contributed by atoms with Crippen molar-refractivity contribution in [3.05, 3.63) is 53.1 Å². The van der Waals surface area contributed by atoms with Crippen LogP contribution in [0.25, 0.3) is 6.08 Å². The molecule has 0 spiro atoms. The number of para-hydroxylation sites is 1. The molecule has 1 fully saturated rings. The fourth-order valence-electron chi connectivity index (χ4n) is 2.81. The molecule has 154 valence electrons. The summed E-state index contributed by atoms with van der Waals surface area (Å²) in [6.07, 6.45) is 4.95. The minimum atomic E-state index is -0.520. The summed E-state index contributed by atoms with van der Waals surface area (Å²) in [5, 5.41) is 16.2. The molecule has 0 bridgehead atoms. The predicted octanol–water partition coefficient (Wildman–Crippen LogP) is 2.62. The molecule has 3 aromatic rings. The molecule has 0 aliphatic heterocycles. The van der Waals surface area contributed by atoms with Crippen LogP contribution < -0.4 is 10.2 Å². The lowest BCUT2D eigenvalue weighted by Gasteiger charge is -2.18. The summed E-state index contributed by atoms with van der Waals surface area (Å²) in [5.41, 5.74) is 0.608. The zero-order valence-electron chi connectivity index (χ0n) is 16.0. The van der Waals surface area contributed by atoms with Gasteiger partial charge in [0, 0.05) is 18.4 Å². The van der Waals surface area contributed by atoms with E-state index in [1.165, 1.54) is 47.4 Å². The fraction of sp³-hybridized carbons (Fsp3) is 0.263. The lowest BCUT2D eigenvalue weighted by molar-refractivity contribution is -0.117. The van der Waals surface area contributed by atoms with Crippen LogP contribution in [-0.2, 0) is 16.1 Å². The lowest BCUT2D eigenvalue weighted by Crippen LogP contribution is -2.23. The molecule has 11 heteroatoms. The van der Waals surface area contributed by atoms with Crippen LogP contribution in [0, 0.1) is 5.82 Å². The van der Waals surface area contributed by atoms with E-state index in [1.807, 2.05) is 0 Å². The topological polar surface area (TPSA) is 106 Å². The van der Waals surface area contributed by atoms with E-state index in [0.29, 0.717) is 22.7 Å². The molecule has 4 rings (SSSR count). The first-order valence-corrected chi connectivity index (χ1v) is 10.1. The number of hydrogen-bond acceptors (Lipinski definition) is 7. The summed E-state index contributed by atoms with van der Waals surface area (Å²) in [4.78, 5) is 29.7. The first-order chi connectivity index (χ1) is 14.5. The van der Waals surface area contributed by atoms with Crippen molar-refractivity contribution < 1.29 is 14.0 Å². The molecule has 2 heterocycles. The van der Waals surface area contributed by atoms with Crippen molar-refractivity contribution in [2.75, 3.05) is 4.90 Å². The molecule has 0 radical (unpaired) electrons. The average molecular weight is 427 g/mol. The van der Waals surface area contributed by atoms with Gasteiger partial charge in [0.2, 0.25) is 11.8 Å². The highest BCUT2D eigenvalue weighted by molar-refractivity contribution is 7.14. The maximum atomic E-state index is 14.1. The number of benzene rings is 1. The van der Waals surface area contributed by atoms with Gasteiger partial charge in [0.05, 0.1) is 24.0 Å². The van der Waals surface area contributed by atoms with Gasteiger partial charge in [-0.1, -0.05) is 12.1 Å². The van der Waals surface area contributed by atoms with Crippen molar-refractivity contribution in [3.8, 4) is 0 Å². The number of carbonyl (C=O) groups excluding carboxylic acids is 2. The first kappa shape index (κ1) is 19.8. The summed E-state index contributed by atoms with van der Waals surface area (Å²) in [5.74, 6) is -0.603. The third-order valence-electron chi connectivity index (χ3n) is 4.39. The molecule has 1 aliphatic carbocycles. The van der Waals surface area contributed by atoms with Gasteiger partial charge in [-0.05, 0) is 41.5 Å². The van der Waals surface area contributed by atoms with Crippen LogP contribution in [0.5, 0.6) is 0 Å². The number of nitrogens with zero attached hydrogens (tertiary/aromatic N) is 6. The maximum absolute atomic E-state index is 14.1. The largest absolute Gasteiger partial charge is 0.345 e. The zero-order valence-corrected chi connectivity index (χ0v) is 16.8. The summed E-state index contributed by atoms with van der Waals surface area (Å²) >= 11 is 1.18. The Morgan fingerprint density at radius 3 is 2.90 bits per heavy atom. The van der Waals surface area contributed by atoms with Crippen molar-refractivity contribution in [2.45, 2.75) is 32.4 Å². The molecule has 0 saturated heterocycles. The summed E-state index contributed by atoms with van der Waals surface area (Å²) < 4.78 is 15.9. The van der Waals surface area contributed by atoms with Crippen molar-refractivity contribution in [2.24, 2.45) is 0 Å². The second kappa shape index (κ2) is 8.49. The predicted molar refractivity (Wildman–Crippen MR) is 108 cm³/mol. The summed E-state index contributed by atoms with van der Waals surface area (Å²) in [6, 6.07) is 6.32. The van der Waals surface area contributed by atoms with Gasteiger partial charge in [-0.15, -0.1) is 16.4 Å². The Hall–Kier alpha value is -3.47. The summed E-state index contributed by atoms with van der Waals surface area (Å²) in [7, 11) is 0. The summed E-state index contributed by atoms with van der Waals surface area (Å²) in [6.45, 7) is 1.56. The number of anilines is 2. The van der Waals surface area contributed by atoms with Crippen molar-refractivity contribution in [3.63, 3.8) is 0 Å². The number of hydrogen-bond donors (Lipinski definition) is 1. The van der Waals surface area contributed by atoms with Gasteiger partial charge < -0.3 is 5.32 Å². The zero-order chi connectivity index (χ0) is 21.1. The third kappa shape index (κ3) is 4.40. The van der Waals surface area contributed by atoms with Gasteiger partial charge in [0.25, 0.3) is 0 Å². The standard InChI is InChI=1S/C19H18FN7O2S/c1-12(28)26(16-5-3-2-4-15(16)20)19-22-13(11-30-19)6-9-18(29)21-10-17-23-24-25-27(17)14-7-8-14/h2-6,9,11,14H,7-8,10H2,1H3,(H,21,29)/b9-6+. The van der Waals surface area contributed by atoms with E-state index in [2.05, 4.69) is 25.8 Å². The third-order valence-corrected chi connectivity index (χ3v) is 5.23. The quantitative estimate of drug-likeness (QED) is 0.581. The van der Waals surface area contributed by atoms with Gasteiger partial charge in [-0.2, -0.15) is 0 Å². The minimum absolute atomic E-state index is 0.126. The van der Waals surface area contributed by atoms with E-state index in [0.717, 1.165) is 12.8 Å². The van der Waals surface area contributed by atoms with Gasteiger partial charge in [0.15, 0.2) is 11.0 Å². The van der Waals surface area contributed by atoms with Crippen molar-refractivity contribution in [1.82, 2.24) is 30.5 Å². The Labute approximate surface area is 175 Å². The number of nitrogens with one attached hydrogen (secondary N) is 1. The van der Waals surface area contributed by atoms with Crippen LogP contribution in [0.1, 0.15) is 37.3 Å². The van der Waals surface area contributed by atoms with Crippen LogP contribution >= 0.6 is 11.3 Å². The smallest absolute Gasteiger partial charge is 0.244 e. The van der Waals surface area contributed by atoms with Crippen LogP contribution in [-0.4, -0.2) is 37.0 Å². The number of rotatable bonds is 7. The van der Waals surface area contributed by atoms with E-state index in [1.54, 1.807) is 22.2 Å². The number of thiazole rings is 1. The highest BCUT2D eigenvalue weighted by Crippen LogP contribution is 2.34. The highest BCUT2D eigenvalue weighted by atomic mass is 32.1. The number of tetrazole rings is 1. The van der Waals surface area contributed by atoms with Gasteiger partial charge >= 0.3 is 0 Å². The van der Waals surface area contributed by atoms with Gasteiger partial charge in [-0.3, -0.25) is 14.5 Å². The Morgan fingerprint density at radius 2 is 2.17 bits per heavy atom. The molecule has 1 saturated carbocycles. The normalized spacial score (nSPS) is 13.5. The Balaban J connectivity index is 1.41. The first-order valence-electron chi connectivity index (χ1n) is 9.26. The highest BCUT2D eigenvalue weighted by Gasteiger charge is 2.27. The number of halogens is 1. The Kier molecular flexibility index (Phi) is 5.61. The van der Waals surface area contributed by atoms with E-state index >= 15 is 0 Å². The molecule has 2 amide bonds. The molecule has 9 nitrogen and oxygen atoms in total. The van der Waals surface area contributed by atoms with E-state index < -0.39 is 5.82 Å². The molecule has 1 aromatic carbocycles. The van der Waals surface area contributed by atoms with E-state index in [9.17, 15) is 14.0 Å². The monoisotopic (exact) mass is 427 g/mol. The SMILES string of the molecule is CC(=O)N(c1nc(/C=C/C(=O)NCc2nnnn2C2CC2)cs1)c1ccccc1F. The fourth-order valence-corrected chi connectivity index (χ4v) is 3.66. The molecular weight excluding hydrogens is 409 g/mol. The molecule has 1 aliphatic rings. The van der Waals surface area contributed by atoms with Gasteiger partial charge in [-0.25, -0.2) is 14.1 Å². The van der Waals surface area contributed by atoms with Crippen LogP contribution in [0.3, 0.4) is 0 Å². The Bertz CT molecular complexity index is 1110. The second-order valence-electron chi connectivity index (χ2n) is 6.68. The minimum Gasteiger partial charge on any atom is -0.345 e. The van der Waals surface area contributed by atoms with Crippen LogP contribution in [0.4, 0.5) is 15.2 Å². The average Bonchev–Trinajstić information content (AvgIpc) is 3.28. The van der Waals surface area contributed by atoms with Crippen LogP contribution in [0.2, 0.25) is 0 Å². The molecule has 0 unspecified atom stereocenters. The second-order valence-corrected chi connectivity index (χ2v) is 7.52.